The smallest absolute Gasteiger partial charge is 0.0436 e. The monoisotopic (exact) mass is 224 g/mol. The molecule has 0 radical (unpaired) electrons. The topological polar surface area (TPSA) is 20.2 Å². The van der Waals surface area contributed by atoms with Crippen molar-refractivity contribution in [1.82, 2.24) is 0 Å². The molecule has 1 aromatic rings. The van der Waals surface area contributed by atoms with Crippen molar-refractivity contribution in [2.75, 3.05) is 6.61 Å². The van der Waals surface area contributed by atoms with Crippen LogP contribution in [-0.2, 0) is 0 Å². The van der Waals surface area contributed by atoms with Crippen LogP contribution in [0.3, 0.4) is 0 Å². The van der Waals surface area contributed by atoms with E-state index in [9.17, 15) is 0 Å². The molecule has 0 aliphatic carbocycles. The fraction of sp³-hybridized carbons (Fsp3) is 0.385. The minimum Gasteiger partial charge on any atom is -0.396 e. The average molecular weight is 225 g/mol. The number of rotatable bonds is 5. The molecular weight excluding hydrogens is 208 g/mol. The molecule has 15 heavy (non-hydrogen) atoms. The molecule has 0 fully saturated rings. The van der Waals surface area contributed by atoms with Crippen LogP contribution in [0.4, 0.5) is 0 Å². The van der Waals surface area contributed by atoms with Gasteiger partial charge in [0.1, 0.15) is 0 Å². The predicted molar refractivity (Wildman–Crippen MR) is 66.0 cm³/mol. The summed E-state index contributed by atoms with van der Waals surface area (Å²) in [5.74, 6) is 0.358. The van der Waals surface area contributed by atoms with Gasteiger partial charge in [-0.15, -0.1) is 0 Å². The third-order valence-electron chi connectivity index (χ3n) is 2.68. The van der Waals surface area contributed by atoms with Crippen molar-refractivity contribution in [1.29, 1.82) is 0 Å². The largest absolute Gasteiger partial charge is 0.396 e. The van der Waals surface area contributed by atoms with Crippen LogP contribution in [0, 0.1) is 5.92 Å². The second kappa shape index (κ2) is 5.94. The van der Waals surface area contributed by atoms with Crippen molar-refractivity contribution in [3.05, 3.63) is 41.4 Å². The van der Waals surface area contributed by atoms with Gasteiger partial charge in [-0.1, -0.05) is 37.2 Å². The summed E-state index contributed by atoms with van der Waals surface area (Å²) in [6, 6.07) is 7.69. The summed E-state index contributed by atoms with van der Waals surface area (Å²) < 4.78 is 0. The van der Waals surface area contributed by atoms with Gasteiger partial charge in [0.15, 0.2) is 0 Å². The van der Waals surface area contributed by atoms with Crippen molar-refractivity contribution in [2.24, 2.45) is 5.92 Å². The zero-order valence-corrected chi connectivity index (χ0v) is 9.80. The second-order valence-corrected chi connectivity index (χ2v) is 4.09. The van der Waals surface area contributed by atoms with Gasteiger partial charge in [0.05, 0.1) is 0 Å². The van der Waals surface area contributed by atoms with Gasteiger partial charge in [0.2, 0.25) is 0 Å². The fourth-order valence-corrected chi connectivity index (χ4v) is 1.81. The molecule has 0 saturated carbocycles. The van der Waals surface area contributed by atoms with Crippen molar-refractivity contribution in [3.63, 3.8) is 0 Å². The maximum Gasteiger partial charge on any atom is 0.0436 e. The molecular formula is C13H17ClO. The first-order valence-corrected chi connectivity index (χ1v) is 5.62. The highest BCUT2D eigenvalue weighted by Gasteiger charge is 2.11. The lowest BCUT2D eigenvalue weighted by Crippen LogP contribution is -2.03. The Bertz CT molecular complexity index is 316. The summed E-state index contributed by atoms with van der Waals surface area (Å²) in [6.45, 7) is 6.42. The van der Waals surface area contributed by atoms with Gasteiger partial charge in [-0.25, -0.2) is 0 Å². The van der Waals surface area contributed by atoms with Gasteiger partial charge >= 0.3 is 0 Å². The number of aliphatic hydroxyl groups is 1. The molecule has 1 N–H and O–H groups in total. The lowest BCUT2D eigenvalue weighted by Gasteiger charge is -2.16. The van der Waals surface area contributed by atoms with E-state index in [1.807, 2.05) is 24.3 Å². The molecule has 0 heterocycles. The van der Waals surface area contributed by atoms with Gasteiger partial charge < -0.3 is 5.11 Å². The zero-order chi connectivity index (χ0) is 11.3. The Morgan fingerprint density at radius 1 is 1.40 bits per heavy atom. The Hall–Kier alpha value is -0.790. The number of aliphatic hydroxyl groups excluding tert-OH is 1. The number of hydrogen-bond donors (Lipinski definition) is 1. The summed E-state index contributed by atoms with van der Waals surface area (Å²) >= 11 is 5.82. The van der Waals surface area contributed by atoms with E-state index in [-0.39, 0.29) is 6.61 Å². The summed E-state index contributed by atoms with van der Waals surface area (Å²) in [5.41, 5.74) is 2.20. The van der Waals surface area contributed by atoms with E-state index in [2.05, 4.69) is 13.5 Å². The standard InChI is InChI=1S/C13H17ClO/c1-3-11(8-9-15)10(2)12-4-6-13(14)7-5-12/h4-7,11,15H,2-3,8-9H2,1H3. The van der Waals surface area contributed by atoms with Crippen molar-refractivity contribution >= 4 is 17.2 Å². The maximum atomic E-state index is 8.95. The van der Waals surface area contributed by atoms with E-state index in [0.29, 0.717) is 5.92 Å². The molecule has 1 unspecified atom stereocenters. The highest BCUT2D eigenvalue weighted by molar-refractivity contribution is 6.30. The van der Waals surface area contributed by atoms with Crippen LogP contribution in [0.5, 0.6) is 0 Å². The SMILES string of the molecule is C=C(c1ccc(Cl)cc1)C(CC)CCO. The third kappa shape index (κ3) is 3.37. The first-order valence-electron chi connectivity index (χ1n) is 5.24. The fourth-order valence-electron chi connectivity index (χ4n) is 1.68. The van der Waals surface area contributed by atoms with Gasteiger partial charge in [0.25, 0.3) is 0 Å². The van der Waals surface area contributed by atoms with Crippen LogP contribution in [0.25, 0.3) is 5.57 Å². The van der Waals surface area contributed by atoms with E-state index in [1.54, 1.807) is 0 Å². The Balaban J connectivity index is 2.78. The van der Waals surface area contributed by atoms with Crippen LogP contribution in [-0.4, -0.2) is 11.7 Å². The van der Waals surface area contributed by atoms with Crippen molar-refractivity contribution in [2.45, 2.75) is 19.8 Å². The Labute approximate surface area is 96.4 Å². The summed E-state index contributed by atoms with van der Waals surface area (Å²) in [5, 5.41) is 9.68. The molecule has 1 aromatic carbocycles. The summed E-state index contributed by atoms with van der Waals surface area (Å²) in [6.07, 6.45) is 1.78. The first kappa shape index (κ1) is 12.3. The number of halogens is 1. The van der Waals surface area contributed by atoms with E-state index in [0.717, 1.165) is 29.0 Å². The van der Waals surface area contributed by atoms with Gasteiger partial charge in [-0.05, 0) is 42.0 Å². The van der Waals surface area contributed by atoms with Crippen LogP contribution in [0.1, 0.15) is 25.3 Å². The van der Waals surface area contributed by atoms with Gasteiger partial charge in [-0.3, -0.25) is 0 Å². The maximum absolute atomic E-state index is 8.95. The van der Waals surface area contributed by atoms with E-state index in [4.69, 9.17) is 16.7 Å². The molecule has 1 nitrogen and oxygen atoms in total. The van der Waals surface area contributed by atoms with Crippen LogP contribution < -0.4 is 0 Å². The van der Waals surface area contributed by atoms with Gasteiger partial charge in [-0.2, -0.15) is 0 Å². The molecule has 2 heteroatoms. The molecule has 82 valence electrons. The lowest BCUT2D eigenvalue weighted by atomic mass is 9.89. The van der Waals surface area contributed by atoms with Crippen LogP contribution in [0.15, 0.2) is 30.8 Å². The molecule has 0 aliphatic rings. The molecule has 0 aliphatic heterocycles. The van der Waals surface area contributed by atoms with Gasteiger partial charge in [0, 0.05) is 11.6 Å². The number of hydrogen-bond acceptors (Lipinski definition) is 1. The molecule has 0 saturated heterocycles. The van der Waals surface area contributed by atoms with Crippen LogP contribution in [0.2, 0.25) is 5.02 Å². The highest BCUT2D eigenvalue weighted by Crippen LogP contribution is 2.27. The predicted octanol–water partition coefficient (Wildman–Crippen LogP) is 3.76. The van der Waals surface area contributed by atoms with E-state index < -0.39 is 0 Å². The average Bonchev–Trinajstić information content (AvgIpc) is 2.26. The first-order chi connectivity index (χ1) is 7.19. The molecule has 0 bridgehead atoms. The highest BCUT2D eigenvalue weighted by atomic mass is 35.5. The molecule has 1 atom stereocenters. The molecule has 0 spiro atoms. The normalized spacial score (nSPS) is 12.5. The summed E-state index contributed by atoms with van der Waals surface area (Å²) in [7, 11) is 0. The quantitative estimate of drug-likeness (QED) is 0.808. The van der Waals surface area contributed by atoms with Crippen molar-refractivity contribution in [3.8, 4) is 0 Å². The Kier molecular flexibility index (Phi) is 4.86. The van der Waals surface area contributed by atoms with E-state index >= 15 is 0 Å². The Morgan fingerprint density at radius 3 is 2.47 bits per heavy atom. The zero-order valence-electron chi connectivity index (χ0n) is 9.04. The minimum absolute atomic E-state index is 0.213. The molecule has 1 rings (SSSR count). The number of allylic oxidation sites excluding steroid dienone is 1. The number of benzene rings is 1. The molecule has 0 amide bonds. The third-order valence-corrected chi connectivity index (χ3v) is 2.93. The van der Waals surface area contributed by atoms with Crippen molar-refractivity contribution < 1.29 is 5.11 Å². The lowest BCUT2D eigenvalue weighted by molar-refractivity contribution is 0.270. The van der Waals surface area contributed by atoms with Crippen LogP contribution >= 0.6 is 11.6 Å². The summed E-state index contributed by atoms with van der Waals surface area (Å²) in [4.78, 5) is 0. The Morgan fingerprint density at radius 2 is 2.00 bits per heavy atom. The second-order valence-electron chi connectivity index (χ2n) is 3.65. The molecule has 0 aromatic heterocycles. The minimum atomic E-state index is 0.213. The van der Waals surface area contributed by atoms with E-state index in [1.165, 1.54) is 0 Å².